The summed E-state index contributed by atoms with van der Waals surface area (Å²) < 4.78 is 38.0. The lowest BCUT2D eigenvalue weighted by Gasteiger charge is -2.22. The molecule has 0 heterocycles. The van der Waals surface area contributed by atoms with Crippen LogP contribution in [0.4, 0.5) is 24.5 Å². The molecule has 0 fully saturated rings. The average molecular weight is 322 g/mol. The lowest BCUT2D eigenvalue weighted by Crippen LogP contribution is -2.33. The molecule has 0 aromatic heterocycles. The predicted octanol–water partition coefficient (Wildman–Crippen LogP) is 4.17. The van der Waals surface area contributed by atoms with Crippen molar-refractivity contribution in [1.82, 2.24) is 0 Å². The van der Waals surface area contributed by atoms with Gasteiger partial charge in [-0.15, -0.1) is 0 Å². The van der Waals surface area contributed by atoms with Gasteiger partial charge in [0.1, 0.15) is 0 Å². The molecule has 23 heavy (non-hydrogen) atoms. The highest BCUT2D eigenvalue weighted by atomic mass is 19.4. The standard InChI is InChI=1S/C17H17F3N2O/c1-2-22(15-9-4-3-5-10-15)12-16(23)21-14-8-6-7-13(11-14)17(18,19)20/h3-11H,2,12H2,1H3,(H,21,23). The number of benzene rings is 2. The van der Waals surface area contributed by atoms with Crippen molar-refractivity contribution in [3.05, 3.63) is 60.2 Å². The zero-order valence-corrected chi connectivity index (χ0v) is 12.6. The van der Waals surface area contributed by atoms with Crippen LogP contribution in [0.3, 0.4) is 0 Å². The maximum Gasteiger partial charge on any atom is 0.416 e. The van der Waals surface area contributed by atoms with E-state index < -0.39 is 11.7 Å². The number of amides is 1. The number of nitrogens with zero attached hydrogens (tertiary/aromatic N) is 1. The van der Waals surface area contributed by atoms with E-state index in [4.69, 9.17) is 0 Å². The minimum absolute atomic E-state index is 0.0662. The summed E-state index contributed by atoms with van der Waals surface area (Å²) in [5, 5.41) is 2.51. The van der Waals surface area contributed by atoms with Gasteiger partial charge < -0.3 is 10.2 Å². The maximum absolute atomic E-state index is 12.7. The summed E-state index contributed by atoms with van der Waals surface area (Å²) >= 11 is 0. The Labute approximate surface area is 132 Å². The van der Waals surface area contributed by atoms with Crippen molar-refractivity contribution in [2.45, 2.75) is 13.1 Å². The number of para-hydroxylation sites is 1. The number of alkyl halides is 3. The van der Waals surface area contributed by atoms with Crippen LogP contribution in [0.5, 0.6) is 0 Å². The van der Waals surface area contributed by atoms with Gasteiger partial charge in [-0.25, -0.2) is 0 Å². The monoisotopic (exact) mass is 322 g/mol. The Morgan fingerprint density at radius 2 is 1.78 bits per heavy atom. The van der Waals surface area contributed by atoms with E-state index in [-0.39, 0.29) is 18.1 Å². The fourth-order valence-electron chi connectivity index (χ4n) is 2.17. The summed E-state index contributed by atoms with van der Waals surface area (Å²) in [5.74, 6) is -0.366. The van der Waals surface area contributed by atoms with E-state index in [1.807, 2.05) is 42.2 Å². The number of nitrogens with one attached hydrogen (secondary N) is 1. The number of anilines is 2. The Bertz CT molecular complexity index is 656. The van der Waals surface area contributed by atoms with Gasteiger partial charge in [-0.1, -0.05) is 24.3 Å². The molecule has 0 unspecified atom stereocenters. The van der Waals surface area contributed by atoms with Crippen molar-refractivity contribution < 1.29 is 18.0 Å². The molecule has 0 spiro atoms. The number of carbonyl (C=O) groups excluding carboxylic acids is 1. The normalized spacial score (nSPS) is 11.1. The van der Waals surface area contributed by atoms with Crippen molar-refractivity contribution in [3.63, 3.8) is 0 Å². The van der Waals surface area contributed by atoms with Gasteiger partial charge in [-0.2, -0.15) is 13.2 Å². The smallest absolute Gasteiger partial charge is 0.362 e. The van der Waals surface area contributed by atoms with Crippen molar-refractivity contribution in [3.8, 4) is 0 Å². The van der Waals surface area contributed by atoms with Crippen LogP contribution < -0.4 is 10.2 Å². The van der Waals surface area contributed by atoms with E-state index in [2.05, 4.69) is 5.32 Å². The third-order valence-electron chi connectivity index (χ3n) is 3.31. The van der Waals surface area contributed by atoms with Crippen LogP contribution in [0.1, 0.15) is 12.5 Å². The topological polar surface area (TPSA) is 32.3 Å². The Balaban J connectivity index is 2.04. The highest BCUT2D eigenvalue weighted by molar-refractivity contribution is 5.94. The van der Waals surface area contributed by atoms with Gasteiger partial charge in [-0.05, 0) is 37.3 Å². The summed E-state index contributed by atoms with van der Waals surface area (Å²) in [4.78, 5) is 13.9. The number of likely N-dealkylation sites (N-methyl/N-ethyl adjacent to an activating group) is 1. The fourth-order valence-corrected chi connectivity index (χ4v) is 2.17. The second-order valence-electron chi connectivity index (χ2n) is 4.98. The molecular weight excluding hydrogens is 305 g/mol. The minimum atomic E-state index is -4.43. The number of rotatable bonds is 5. The van der Waals surface area contributed by atoms with Crippen LogP contribution in [-0.2, 0) is 11.0 Å². The molecule has 0 saturated heterocycles. The average Bonchev–Trinajstić information content (AvgIpc) is 2.53. The van der Waals surface area contributed by atoms with E-state index in [0.717, 1.165) is 17.8 Å². The molecule has 3 nitrogen and oxygen atoms in total. The third kappa shape index (κ3) is 4.74. The number of hydrogen-bond donors (Lipinski definition) is 1. The van der Waals surface area contributed by atoms with Crippen molar-refractivity contribution in [2.75, 3.05) is 23.3 Å². The molecule has 2 aromatic rings. The maximum atomic E-state index is 12.7. The van der Waals surface area contributed by atoms with E-state index in [1.54, 1.807) is 0 Å². The van der Waals surface area contributed by atoms with Crippen LogP contribution in [0, 0.1) is 0 Å². The molecule has 0 aliphatic heterocycles. The molecule has 0 aliphatic carbocycles. The first kappa shape index (κ1) is 16.9. The Kier molecular flexibility index (Phi) is 5.26. The fraction of sp³-hybridized carbons (Fsp3) is 0.235. The number of hydrogen-bond acceptors (Lipinski definition) is 2. The van der Waals surface area contributed by atoms with Crippen molar-refractivity contribution in [2.24, 2.45) is 0 Å². The molecule has 0 aliphatic rings. The minimum Gasteiger partial charge on any atom is -0.362 e. The highest BCUT2D eigenvalue weighted by Crippen LogP contribution is 2.30. The third-order valence-corrected chi connectivity index (χ3v) is 3.31. The molecule has 6 heteroatoms. The van der Waals surface area contributed by atoms with Crippen LogP contribution in [-0.4, -0.2) is 19.0 Å². The predicted molar refractivity (Wildman–Crippen MR) is 84.4 cm³/mol. The SMILES string of the molecule is CCN(CC(=O)Nc1cccc(C(F)(F)F)c1)c1ccccc1. The zero-order valence-electron chi connectivity index (χ0n) is 12.6. The molecule has 1 amide bonds. The van der Waals surface area contributed by atoms with Gasteiger partial charge in [0.05, 0.1) is 12.1 Å². The number of halogens is 3. The largest absolute Gasteiger partial charge is 0.416 e. The van der Waals surface area contributed by atoms with Gasteiger partial charge in [-0.3, -0.25) is 4.79 Å². The second-order valence-corrected chi connectivity index (χ2v) is 4.98. The van der Waals surface area contributed by atoms with Crippen molar-refractivity contribution in [1.29, 1.82) is 0 Å². The van der Waals surface area contributed by atoms with E-state index in [9.17, 15) is 18.0 Å². The van der Waals surface area contributed by atoms with Gasteiger partial charge >= 0.3 is 6.18 Å². The molecule has 2 aromatic carbocycles. The van der Waals surface area contributed by atoms with Crippen LogP contribution in [0.2, 0.25) is 0 Å². The molecule has 0 radical (unpaired) electrons. The van der Waals surface area contributed by atoms with Crippen molar-refractivity contribution >= 4 is 17.3 Å². The quantitative estimate of drug-likeness (QED) is 0.896. The Hall–Kier alpha value is -2.50. The lowest BCUT2D eigenvalue weighted by molar-refractivity contribution is -0.137. The van der Waals surface area contributed by atoms with E-state index >= 15 is 0 Å². The first-order chi connectivity index (χ1) is 10.9. The molecule has 2 rings (SSSR count). The molecule has 1 N–H and O–H groups in total. The van der Waals surface area contributed by atoms with Gasteiger partial charge in [0, 0.05) is 17.9 Å². The summed E-state index contributed by atoms with van der Waals surface area (Å²) in [6, 6.07) is 14.0. The molecule has 0 atom stereocenters. The highest BCUT2D eigenvalue weighted by Gasteiger charge is 2.30. The molecule has 122 valence electrons. The van der Waals surface area contributed by atoms with Crippen LogP contribution in [0.25, 0.3) is 0 Å². The number of carbonyl (C=O) groups is 1. The molecule has 0 saturated carbocycles. The van der Waals surface area contributed by atoms with Gasteiger partial charge in [0.2, 0.25) is 5.91 Å². The zero-order chi connectivity index (χ0) is 16.9. The van der Waals surface area contributed by atoms with E-state index in [0.29, 0.717) is 6.54 Å². The van der Waals surface area contributed by atoms with Gasteiger partial charge in [0.25, 0.3) is 0 Å². The second kappa shape index (κ2) is 7.17. The summed E-state index contributed by atoms with van der Waals surface area (Å²) in [5.41, 5.74) is 0.230. The Morgan fingerprint density at radius 1 is 1.09 bits per heavy atom. The first-order valence-corrected chi connectivity index (χ1v) is 7.17. The molecule has 0 bridgehead atoms. The first-order valence-electron chi connectivity index (χ1n) is 7.17. The Morgan fingerprint density at radius 3 is 2.39 bits per heavy atom. The van der Waals surface area contributed by atoms with Gasteiger partial charge in [0.15, 0.2) is 0 Å². The lowest BCUT2D eigenvalue weighted by atomic mass is 10.2. The van der Waals surface area contributed by atoms with E-state index in [1.165, 1.54) is 12.1 Å². The summed E-state index contributed by atoms with van der Waals surface area (Å²) in [6.07, 6.45) is -4.43. The van der Waals surface area contributed by atoms with Crippen LogP contribution >= 0.6 is 0 Å². The summed E-state index contributed by atoms with van der Waals surface area (Å²) in [7, 11) is 0. The molecular formula is C17H17F3N2O. The summed E-state index contributed by atoms with van der Waals surface area (Å²) in [6.45, 7) is 2.58. The van der Waals surface area contributed by atoms with Crippen LogP contribution in [0.15, 0.2) is 54.6 Å².